The van der Waals surface area contributed by atoms with E-state index in [9.17, 15) is 15.8 Å². The second-order valence-corrected chi connectivity index (χ2v) is 39.1. The molecule has 9 nitrogen and oxygen atoms in total. The van der Waals surface area contributed by atoms with Crippen LogP contribution in [0.5, 0.6) is 0 Å². The van der Waals surface area contributed by atoms with Crippen molar-refractivity contribution in [3.8, 4) is 85.7 Å². The Hall–Kier alpha value is -18.5. The van der Waals surface area contributed by atoms with Crippen molar-refractivity contribution < 1.29 is 0 Å². The predicted molar refractivity (Wildman–Crippen MR) is 594 cm³/mol. The Balaban J connectivity index is 0.000000104. The zero-order valence-corrected chi connectivity index (χ0v) is 78.0. The van der Waals surface area contributed by atoms with Crippen molar-refractivity contribution in [1.29, 1.82) is 15.8 Å². The van der Waals surface area contributed by atoms with E-state index in [-0.39, 0.29) is 0 Å². The second-order valence-electron chi connectivity index (χ2n) is 36.0. The summed E-state index contributed by atoms with van der Waals surface area (Å²) in [6, 6.07) is 169. The third-order valence-electron chi connectivity index (χ3n) is 28.7. The average Bonchev–Trinajstić information content (AvgIpc) is 1.58. The number of aromatic nitrogens is 6. The molecule has 654 valence electrons. The number of hydrogen-bond donors (Lipinski definition) is 0. The van der Waals surface area contributed by atoms with E-state index in [2.05, 4.69) is 470 Å². The van der Waals surface area contributed by atoms with Crippen molar-refractivity contribution >= 4 is 225 Å². The van der Waals surface area contributed by atoms with Gasteiger partial charge in [-0.3, -0.25) is 0 Å². The summed E-state index contributed by atoms with van der Waals surface area (Å²) in [5.41, 5.74) is 29.1. The lowest BCUT2D eigenvalue weighted by atomic mass is 9.98. The SMILES string of the molecule is N#Cc1ccc(-c2cccc3c2sc2c3ccc3c2c2ccccc2n3-c2ccccc2)c(-n2c3ccccc3c3ccccc32)c1.N#Cc1ccc(-n2c3ccccc3c3ccccc32)c(-c2cccc3c2sc2c3ccc3c2c2ccccc2n3-c2ccccc2)c1.N#Cc1cccc(-c2cccc3c2sc2c3ccc3c2c2ccccc2n3-c2ccccc2)c1-n1c2ccccc2c2ccccc21. The van der Waals surface area contributed by atoms with Crippen molar-refractivity contribution in [2.45, 2.75) is 0 Å². The van der Waals surface area contributed by atoms with Crippen LogP contribution in [0, 0.1) is 34.0 Å². The number of rotatable bonds is 9. The number of nitriles is 3. The molecule has 9 heterocycles. The Labute approximate surface area is 819 Å². The van der Waals surface area contributed by atoms with Crippen LogP contribution in [0.15, 0.2) is 455 Å². The normalized spacial score (nSPS) is 11.8. The Morgan fingerprint density at radius 3 is 0.801 bits per heavy atom. The summed E-state index contributed by atoms with van der Waals surface area (Å²) < 4.78 is 21.7. The molecule has 0 atom stereocenters. The first-order valence-corrected chi connectivity index (χ1v) is 49.7. The number of para-hydroxylation sites is 13. The van der Waals surface area contributed by atoms with Crippen molar-refractivity contribution in [3.63, 3.8) is 0 Å². The van der Waals surface area contributed by atoms with E-state index in [1.54, 1.807) is 0 Å². The fourth-order valence-electron chi connectivity index (χ4n) is 22.8. The summed E-state index contributed by atoms with van der Waals surface area (Å²) in [6.07, 6.45) is 0. The Morgan fingerprint density at radius 2 is 0.440 bits per heavy atom. The monoisotopic (exact) mass is 1850 g/mol. The van der Waals surface area contributed by atoms with Gasteiger partial charge in [-0.15, -0.1) is 34.0 Å². The summed E-state index contributed by atoms with van der Waals surface area (Å²) in [7, 11) is 0. The molecule has 12 heteroatoms. The van der Waals surface area contributed by atoms with Gasteiger partial charge in [0.2, 0.25) is 0 Å². The summed E-state index contributed by atoms with van der Waals surface area (Å²) in [6.45, 7) is 0. The van der Waals surface area contributed by atoms with E-state index in [0.29, 0.717) is 16.7 Å². The van der Waals surface area contributed by atoms with Gasteiger partial charge in [0.25, 0.3) is 0 Å². The van der Waals surface area contributed by atoms with E-state index in [0.717, 1.165) is 95.0 Å². The first-order valence-electron chi connectivity index (χ1n) is 47.3. The predicted octanol–water partition coefficient (Wildman–Crippen LogP) is 35.4. The van der Waals surface area contributed by atoms with E-state index in [1.165, 1.54) is 164 Å². The lowest BCUT2D eigenvalue weighted by Gasteiger charge is -2.16. The fourth-order valence-corrected chi connectivity index (χ4v) is 26.9. The van der Waals surface area contributed by atoms with Crippen LogP contribution in [0.2, 0.25) is 0 Å². The molecule has 9 aromatic heterocycles. The quantitative estimate of drug-likeness (QED) is 0.144. The Kier molecular flexibility index (Phi) is 18.6. The first-order chi connectivity index (χ1) is 69.9. The number of hydrogen-bond acceptors (Lipinski definition) is 6. The molecule has 0 spiro atoms. The maximum atomic E-state index is 10.5. The second kappa shape index (κ2) is 32.4. The molecule has 141 heavy (non-hydrogen) atoms. The van der Waals surface area contributed by atoms with Crippen LogP contribution < -0.4 is 0 Å². The third kappa shape index (κ3) is 12.3. The minimum absolute atomic E-state index is 0.643. The van der Waals surface area contributed by atoms with Gasteiger partial charge in [-0.1, -0.05) is 309 Å². The van der Waals surface area contributed by atoms with Crippen LogP contribution in [-0.4, -0.2) is 27.4 Å². The smallest absolute Gasteiger partial charge is 0.101 e. The topological polar surface area (TPSA) is 101 Å². The molecule has 0 aliphatic rings. The molecule has 0 radical (unpaired) electrons. The van der Waals surface area contributed by atoms with E-state index in [4.69, 9.17) is 0 Å². The van der Waals surface area contributed by atoms with Crippen LogP contribution in [0.25, 0.3) is 259 Å². The highest BCUT2D eigenvalue weighted by Crippen LogP contribution is 2.54. The van der Waals surface area contributed by atoms with Gasteiger partial charge in [-0.05, 0) is 146 Å². The molecular weight excluding hydrogens is 1770 g/mol. The molecule has 30 aromatic rings. The highest BCUT2D eigenvalue weighted by molar-refractivity contribution is 7.28. The van der Waals surface area contributed by atoms with Gasteiger partial charge in [0, 0.05) is 176 Å². The molecule has 0 fully saturated rings. The van der Waals surface area contributed by atoms with Crippen molar-refractivity contribution in [2.75, 3.05) is 0 Å². The molecule has 0 saturated carbocycles. The Morgan fingerprint density at radius 1 is 0.163 bits per heavy atom. The lowest BCUT2D eigenvalue weighted by molar-refractivity contribution is 1.17. The molecule has 30 rings (SSSR count). The van der Waals surface area contributed by atoms with Crippen LogP contribution in [0.4, 0.5) is 0 Å². The van der Waals surface area contributed by atoms with Crippen LogP contribution >= 0.6 is 34.0 Å². The summed E-state index contributed by atoms with van der Waals surface area (Å²) in [4.78, 5) is 0. The van der Waals surface area contributed by atoms with Gasteiger partial charge < -0.3 is 27.4 Å². The van der Waals surface area contributed by atoms with Gasteiger partial charge in [0.15, 0.2) is 0 Å². The van der Waals surface area contributed by atoms with Gasteiger partial charge in [0.1, 0.15) is 6.07 Å². The molecule has 0 aliphatic heterocycles. The van der Waals surface area contributed by atoms with Crippen LogP contribution in [-0.2, 0) is 0 Å². The fraction of sp³-hybridized carbons (Fsp3) is 0. The first kappa shape index (κ1) is 81.0. The summed E-state index contributed by atoms with van der Waals surface area (Å²) in [5, 5.41) is 52.9. The van der Waals surface area contributed by atoms with Gasteiger partial charge >= 0.3 is 0 Å². The largest absolute Gasteiger partial charge is 0.309 e. The standard InChI is InChI=1S/3C43H25N3S/c44-26-27-12-10-18-31(41(27)46-36-21-7-4-15-29(36)30-16-5-8-22-37(30)46)32-19-11-20-33-34-24-25-39-40(43(34)47-42(32)33)35-17-6-9-23-38(35)45(39)28-13-2-1-3-14-28;44-26-27-21-23-39(46-36-18-7-4-13-29(36)30-14-5-8-19-37(30)46)35(25-27)32-17-10-16-31-33-22-24-40-41(43(33)47-42(31)32)34-15-6-9-20-38(34)45(40)28-11-2-1-3-12-28;44-26-27-21-22-31(40(25-27)46-36-18-7-4-13-29(36)30-14-5-8-19-37(30)46)32-16-10-17-33-34-23-24-39-41(43(34)47-42(32)33)35-15-6-9-20-38(35)45(39)28-11-2-1-3-12-28/h3*1-25H. The molecular formula is C129H75N9S3. The van der Waals surface area contributed by atoms with Crippen molar-refractivity contribution in [1.82, 2.24) is 27.4 Å². The van der Waals surface area contributed by atoms with E-state index >= 15 is 0 Å². The molecule has 0 N–H and O–H groups in total. The van der Waals surface area contributed by atoms with E-state index < -0.39 is 0 Å². The molecule has 0 bridgehead atoms. The van der Waals surface area contributed by atoms with Gasteiger partial charge in [-0.2, -0.15) is 15.8 Å². The average molecular weight is 1850 g/mol. The highest BCUT2D eigenvalue weighted by Gasteiger charge is 2.29. The van der Waals surface area contributed by atoms with Crippen molar-refractivity contribution in [3.05, 3.63) is 472 Å². The van der Waals surface area contributed by atoms with Crippen LogP contribution in [0.1, 0.15) is 16.7 Å². The lowest BCUT2D eigenvalue weighted by Crippen LogP contribution is -2.00. The van der Waals surface area contributed by atoms with Gasteiger partial charge in [0.05, 0.1) is 112 Å². The molecule has 0 unspecified atom stereocenters. The number of nitrogens with zero attached hydrogens (tertiary/aromatic N) is 9. The zero-order chi connectivity index (χ0) is 93.2. The summed E-state index contributed by atoms with van der Waals surface area (Å²) in [5.74, 6) is 0. The highest BCUT2D eigenvalue weighted by atomic mass is 32.1. The number of thiophene rings is 3. The molecule has 0 saturated heterocycles. The Bertz CT molecular complexity index is 10300. The molecule has 0 aliphatic carbocycles. The number of benzene rings is 21. The zero-order valence-electron chi connectivity index (χ0n) is 75.6. The number of fused-ring (bicyclic) bond motifs is 30. The summed E-state index contributed by atoms with van der Waals surface area (Å²) >= 11 is 5.59. The van der Waals surface area contributed by atoms with Gasteiger partial charge in [-0.25, -0.2) is 0 Å². The maximum Gasteiger partial charge on any atom is 0.101 e. The maximum absolute atomic E-state index is 10.5. The minimum Gasteiger partial charge on any atom is -0.309 e. The molecule has 0 amide bonds. The molecule has 21 aromatic carbocycles. The van der Waals surface area contributed by atoms with E-state index in [1.807, 2.05) is 64.3 Å². The van der Waals surface area contributed by atoms with Crippen LogP contribution in [0.3, 0.4) is 0 Å². The van der Waals surface area contributed by atoms with Crippen molar-refractivity contribution in [2.24, 2.45) is 0 Å². The minimum atomic E-state index is 0.643. The third-order valence-corrected chi connectivity index (χ3v) is 32.5.